The van der Waals surface area contributed by atoms with Crippen LogP contribution >= 0.6 is 0 Å². The van der Waals surface area contributed by atoms with E-state index in [1.165, 1.54) is 32.0 Å². The van der Waals surface area contributed by atoms with Gasteiger partial charge in [0.25, 0.3) is 5.69 Å². The highest BCUT2D eigenvalue weighted by molar-refractivity contribution is 5.81. The number of anilines is 1. The summed E-state index contributed by atoms with van der Waals surface area (Å²) in [4.78, 5) is 20.8. The minimum atomic E-state index is -1.17. The van der Waals surface area contributed by atoms with Gasteiger partial charge in [-0.3, -0.25) is 10.1 Å². The minimum Gasteiger partial charge on any atom is -0.480 e. The molecule has 0 aromatic heterocycles. The van der Waals surface area contributed by atoms with Gasteiger partial charge in [0.1, 0.15) is 5.54 Å². The van der Waals surface area contributed by atoms with Gasteiger partial charge in [0.2, 0.25) is 0 Å². The van der Waals surface area contributed by atoms with Gasteiger partial charge < -0.3 is 10.4 Å². The number of nitro groups is 1. The van der Waals surface area contributed by atoms with Crippen molar-refractivity contribution in [3.8, 4) is 0 Å². The lowest BCUT2D eigenvalue weighted by atomic mass is 10.1. The Kier molecular flexibility index (Phi) is 3.12. The lowest BCUT2D eigenvalue weighted by Gasteiger charge is -2.22. The molecule has 0 unspecified atom stereocenters. The van der Waals surface area contributed by atoms with Crippen LogP contribution in [0.3, 0.4) is 0 Å². The molecule has 1 rings (SSSR count). The van der Waals surface area contributed by atoms with Crippen molar-refractivity contribution < 1.29 is 14.8 Å². The monoisotopic (exact) mass is 224 g/mol. The maximum absolute atomic E-state index is 10.8. The molecule has 2 N–H and O–H groups in total. The van der Waals surface area contributed by atoms with Crippen LogP contribution < -0.4 is 5.32 Å². The fourth-order valence-electron chi connectivity index (χ4n) is 1.11. The molecule has 1 aromatic carbocycles. The van der Waals surface area contributed by atoms with E-state index in [2.05, 4.69) is 5.32 Å². The summed E-state index contributed by atoms with van der Waals surface area (Å²) in [6, 6.07) is 5.72. The van der Waals surface area contributed by atoms with Crippen LogP contribution in [0.5, 0.6) is 0 Å². The van der Waals surface area contributed by atoms with E-state index in [-0.39, 0.29) is 5.69 Å². The number of carboxylic acid groups (broad SMARTS) is 1. The quantitative estimate of drug-likeness (QED) is 0.601. The van der Waals surface area contributed by atoms with Crippen LogP contribution in [0.15, 0.2) is 24.3 Å². The highest BCUT2D eigenvalue weighted by Crippen LogP contribution is 2.20. The fourth-order valence-corrected chi connectivity index (χ4v) is 1.11. The van der Waals surface area contributed by atoms with E-state index < -0.39 is 16.4 Å². The average Bonchev–Trinajstić information content (AvgIpc) is 2.17. The maximum Gasteiger partial charge on any atom is 0.328 e. The molecule has 6 heteroatoms. The van der Waals surface area contributed by atoms with E-state index in [1.54, 1.807) is 6.07 Å². The van der Waals surface area contributed by atoms with E-state index >= 15 is 0 Å². The van der Waals surface area contributed by atoms with Crippen LogP contribution in [0.4, 0.5) is 11.4 Å². The minimum absolute atomic E-state index is 0.0776. The van der Waals surface area contributed by atoms with Crippen LogP contribution in [-0.4, -0.2) is 21.5 Å². The zero-order valence-corrected chi connectivity index (χ0v) is 8.93. The number of nitrogens with one attached hydrogen (secondary N) is 1. The summed E-state index contributed by atoms with van der Waals surface area (Å²) in [7, 11) is 0. The molecule has 0 atom stereocenters. The summed E-state index contributed by atoms with van der Waals surface area (Å²) in [5, 5.41) is 22.1. The lowest BCUT2D eigenvalue weighted by molar-refractivity contribution is -0.384. The van der Waals surface area contributed by atoms with Crippen LogP contribution in [-0.2, 0) is 4.79 Å². The van der Waals surface area contributed by atoms with Gasteiger partial charge in [0.05, 0.1) is 4.92 Å². The van der Waals surface area contributed by atoms with E-state index in [0.29, 0.717) is 5.69 Å². The van der Waals surface area contributed by atoms with Gasteiger partial charge >= 0.3 is 5.97 Å². The average molecular weight is 224 g/mol. The van der Waals surface area contributed by atoms with Gasteiger partial charge in [-0.15, -0.1) is 0 Å². The summed E-state index contributed by atoms with van der Waals surface area (Å²) >= 11 is 0. The molecule has 0 bridgehead atoms. The third kappa shape index (κ3) is 2.69. The number of hydrogen-bond acceptors (Lipinski definition) is 4. The van der Waals surface area contributed by atoms with Crippen LogP contribution in [0.2, 0.25) is 0 Å². The SMILES string of the molecule is CC(C)(Nc1cccc([N+](=O)[O-])c1)C(=O)O. The number of carbonyl (C=O) groups is 1. The zero-order valence-electron chi connectivity index (χ0n) is 8.93. The highest BCUT2D eigenvalue weighted by Gasteiger charge is 2.26. The second-order valence-corrected chi connectivity index (χ2v) is 3.86. The number of rotatable bonds is 4. The molecule has 0 aliphatic carbocycles. The molecule has 16 heavy (non-hydrogen) atoms. The second-order valence-electron chi connectivity index (χ2n) is 3.86. The topological polar surface area (TPSA) is 92.5 Å². The Bertz CT molecular complexity index is 429. The van der Waals surface area contributed by atoms with Crippen molar-refractivity contribution in [2.45, 2.75) is 19.4 Å². The lowest BCUT2D eigenvalue weighted by Crippen LogP contribution is -2.39. The normalized spacial score (nSPS) is 10.9. The highest BCUT2D eigenvalue weighted by atomic mass is 16.6. The second kappa shape index (κ2) is 4.18. The Morgan fingerprint density at radius 2 is 2.12 bits per heavy atom. The van der Waals surface area contributed by atoms with Crippen molar-refractivity contribution in [3.63, 3.8) is 0 Å². The van der Waals surface area contributed by atoms with Crippen LogP contribution in [0.25, 0.3) is 0 Å². The van der Waals surface area contributed by atoms with Gasteiger partial charge in [-0.2, -0.15) is 0 Å². The first-order valence-electron chi connectivity index (χ1n) is 4.59. The Balaban J connectivity index is 2.94. The Hall–Kier alpha value is -2.11. The van der Waals surface area contributed by atoms with Crippen molar-refractivity contribution >= 4 is 17.3 Å². The van der Waals surface area contributed by atoms with Gasteiger partial charge in [-0.05, 0) is 19.9 Å². The summed E-state index contributed by atoms with van der Waals surface area (Å²) in [5.41, 5.74) is -0.845. The molecule has 86 valence electrons. The first kappa shape index (κ1) is 12.0. The predicted octanol–water partition coefficient (Wildman–Crippen LogP) is 1.87. The van der Waals surface area contributed by atoms with E-state index in [1.807, 2.05) is 0 Å². The molecule has 1 aromatic rings. The van der Waals surface area contributed by atoms with E-state index in [9.17, 15) is 14.9 Å². The van der Waals surface area contributed by atoms with Crippen molar-refractivity contribution in [3.05, 3.63) is 34.4 Å². The van der Waals surface area contributed by atoms with Crippen molar-refractivity contribution in [2.24, 2.45) is 0 Å². The molecular weight excluding hydrogens is 212 g/mol. The van der Waals surface area contributed by atoms with Crippen LogP contribution in [0.1, 0.15) is 13.8 Å². The molecule has 0 fully saturated rings. The number of hydrogen-bond donors (Lipinski definition) is 2. The number of nitro benzene ring substituents is 1. The molecule has 0 aliphatic rings. The molecule has 0 saturated carbocycles. The Morgan fingerprint density at radius 3 is 2.62 bits per heavy atom. The number of non-ortho nitro benzene ring substituents is 1. The smallest absolute Gasteiger partial charge is 0.328 e. The third-order valence-electron chi connectivity index (χ3n) is 2.05. The van der Waals surface area contributed by atoms with Gasteiger partial charge in [0.15, 0.2) is 0 Å². The zero-order chi connectivity index (χ0) is 12.3. The Morgan fingerprint density at radius 1 is 1.50 bits per heavy atom. The summed E-state index contributed by atoms with van der Waals surface area (Å²) in [6.07, 6.45) is 0. The van der Waals surface area contributed by atoms with Gasteiger partial charge in [0, 0.05) is 17.8 Å². The molecule has 0 radical (unpaired) electrons. The molecule has 0 spiro atoms. The number of aliphatic carboxylic acids is 1. The van der Waals surface area contributed by atoms with Crippen molar-refractivity contribution in [1.29, 1.82) is 0 Å². The first-order valence-corrected chi connectivity index (χ1v) is 4.59. The molecule has 6 nitrogen and oxygen atoms in total. The number of carboxylic acids is 1. The van der Waals surface area contributed by atoms with Crippen LogP contribution in [0, 0.1) is 10.1 Å². The van der Waals surface area contributed by atoms with E-state index in [0.717, 1.165) is 0 Å². The molecule has 0 heterocycles. The van der Waals surface area contributed by atoms with Gasteiger partial charge in [-0.1, -0.05) is 6.07 Å². The van der Waals surface area contributed by atoms with Gasteiger partial charge in [-0.25, -0.2) is 4.79 Å². The summed E-state index contributed by atoms with van der Waals surface area (Å²) < 4.78 is 0. The van der Waals surface area contributed by atoms with Crippen molar-refractivity contribution in [1.82, 2.24) is 0 Å². The molecular formula is C10H12N2O4. The predicted molar refractivity (Wildman–Crippen MR) is 58.4 cm³/mol. The standard InChI is InChI=1S/C10H12N2O4/c1-10(2,9(13)14)11-7-4-3-5-8(6-7)12(15)16/h3-6,11H,1-2H3,(H,13,14). The molecule has 0 aliphatic heterocycles. The summed E-state index contributed by atoms with van der Waals surface area (Å²) in [5.74, 6) is -1.03. The largest absolute Gasteiger partial charge is 0.480 e. The fraction of sp³-hybridized carbons (Fsp3) is 0.300. The maximum atomic E-state index is 10.8. The van der Waals surface area contributed by atoms with E-state index in [4.69, 9.17) is 5.11 Å². The number of nitrogens with zero attached hydrogens (tertiary/aromatic N) is 1. The number of benzene rings is 1. The summed E-state index contributed by atoms with van der Waals surface area (Å²) in [6.45, 7) is 2.96. The first-order chi connectivity index (χ1) is 7.33. The Labute approximate surface area is 92.0 Å². The van der Waals surface area contributed by atoms with Crippen molar-refractivity contribution in [2.75, 3.05) is 5.32 Å². The molecule has 0 saturated heterocycles. The third-order valence-corrected chi connectivity index (χ3v) is 2.05. The molecule has 0 amide bonds.